The van der Waals surface area contributed by atoms with Crippen LogP contribution in [0.3, 0.4) is 0 Å². The Morgan fingerprint density at radius 3 is 2.79 bits per heavy atom. The van der Waals surface area contributed by atoms with Gasteiger partial charge in [0.1, 0.15) is 0 Å². The van der Waals surface area contributed by atoms with Crippen LogP contribution in [0.4, 0.5) is 0 Å². The molecule has 3 heteroatoms. The van der Waals surface area contributed by atoms with Crippen LogP contribution in [0, 0.1) is 5.92 Å². The summed E-state index contributed by atoms with van der Waals surface area (Å²) >= 11 is 0. The van der Waals surface area contributed by atoms with Gasteiger partial charge in [0.25, 0.3) is 0 Å². The van der Waals surface area contributed by atoms with Gasteiger partial charge in [0, 0.05) is 25.3 Å². The molecule has 0 radical (unpaired) electrons. The summed E-state index contributed by atoms with van der Waals surface area (Å²) in [5.74, 6) is 0.909. The summed E-state index contributed by atoms with van der Waals surface area (Å²) in [6.45, 7) is 4.52. The van der Waals surface area contributed by atoms with Gasteiger partial charge >= 0.3 is 0 Å². The van der Waals surface area contributed by atoms with Crippen molar-refractivity contribution < 1.29 is 0 Å². The molecule has 0 aromatic carbocycles. The zero-order valence-corrected chi connectivity index (χ0v) is 9.20. The first-order chi connectivity index (χ1) is 6.66. The number of hydrogen-bond acceptors (Lipinski definition) is 2. The van der Waals surface area contributed by atoms with Crippen LogP contribution in [-0.2, 0) is 7.05 Å². The van der Waals surface area contributed by atoms with Crippen LogP contribution in [0.1, 0.15) is 38.4 Å². The van der Waals surface area contributed by atoms with E-state index in [1.165, 1.54) is 18.5 Å². The molecule has 1 atom stereocenters. The van der Waals surface area contributed by atoms with Gasteiger partial charge < -0.3 is 5.32 Å². The highest BCUT2D eigenvalue weighted by atomic mass is 15.3. The van der Waals surface area contributed by atoms with Crippen LogP contribution in [-0.4, -0.2) is 15.8 Å². The lowest BCUT2D eigenvalue weighted by molar-refractivity contribution is 0.224. The van der Waals surface area contributed by atoms with Crippen molar-refractivity contribution in [3.63, 3.8) is 0 Å². The minimum atomic E-state index is 0.417. The van der Waals surface area contributed by atoms with Gasteiger partial charge in [-0.15, -0.1) is 0 Å². The van der Waals surface area contributed by atoms with Gasteiger partial charge in [0.15, 0.2) is 0 Å². The van der Waals surface area contributed by atoms with E-state index in [1.807, 2.05) is 17.9 Å². The Kier molecular flexibility index (Phi) is 2.59. The molecule has 0 amide bonds. The molecule has 2 rings (SSSR count). The van der Waals surface area contributed by atoms with E-state index in [4.69, 9.17) is 0 Å². The molecule has 0 bridgehead atoms. The molecule has 1 saturated carbocycles. The van der Waals surface area contributed by atoms with Gasteiger partial charge in [-0.1, -0.05) is 6.92 Å². The van der Waals surface area contributed by atoms with Crippen molar-refractivity contribution in [1.82, 2.24) is 15.1 Å². The summed E-state index contributed by atoms with van der Waals surface area (Å²) in [7, 11) is 2.00. The number of aryl methyl sites for hydroxylation is 1. The molecule has 1 heterocycles. The molecule has 1 N–H and O–H groups in total. The molecule has 78 valence electrons. The summed E-state index contributed by atoms with van der Waals surface area (Å²) < 4.78 is 1.94. The summed E-state index contributed by atoms with van der Waals surface area (Å²) in [6, 6.07) is 3.22. The maximum absolute atomic E-state index is 4.18. The van der Waals surface area contributed by atoms with Crippen molar-refractivity contribution in [1.29, 1.82) is 0 Å². The quantitative estimate of drug-likeness (QED) is 0.794. The lowest BCUT2D eigenvalue weighted by Crippen LogP contribution is -2.41. The van der Waals surface area contributed by atoms with Gasteiger partial charge in [0.2, 0.25) is 0 Å². The Balaban J connectivity index is 1.90. The van der Waals surface area contributed by atoms with E-state index >= 15 is 0 Å². The number of nitrogens with one attached hydrogen (secondary N) is 1. The van der Waals surface area contributed by atoms with Crippen molar-refractivity contribution in [2.45, 2.75) is 38.8 Å². The second kappa shape index (κ2) is 3.73. The molecular weight excluding hydrogens is 174 g/mol. The van der Waals surface area contributed by atoms with Crippen molar-refractivity contribution in [2.75, 3.05) is 0 Å². The monoisotopic (exact) mass is 193 g/mol. The van der Waals surface area contributed by atoms with Crippen LogP contribution in [0.15, 0.2) is 12.3 Å². The first-order valence-electron chi connectivity index (χ1n) is 5.40. The Morgan fingerprint density at radius 1 is 1.57 bits per heavy atom. The van der Waals surface area contributed by atoms with Crippen LogP contribution >= 0.6 is 0 Å². The van der Waals surface area contributed by atoms with Crippen LogP contribution < -0.4 is 5.32 Å². The fraction of sp³-hybridized carbons (Fsp3) is 0.727. The van der Waals surface area contributed by atoms with Gasteiger partial charge in [-0.05, 0) is 31.7 Å². The summed E-state index contributed by atoms with van der Waals surface area (Å²) in [5.41, 5.74) is 1.27. The molecule has 0 aliphatic heterocycles. The predicted octanol–water partition coefficient (Wildman–Crippen LogP) is 1.87. The molecule has 1 unspecified atom stereocenters. The lowest BCUT2D eigenvalue weighted by Gasteiger charge is -2.35. The summed E-state index contributed by atoms with van der Waals surface area (Å²) in [4.78, 5) is 0. The first-order valence-corrected chi connectivity index (χ1v) is 5.40. The zero-order chi connectivity index (χ0) is 10.1. The normalized spacial score (nSPS) is 28.5. The zero-order valence-electron chi connectivity index (χ0n) is 9.20. The third kappa shape index (κ3) is 1.82. The maximum Gasteiger partial charge on any atom is 0.0547 e. The van der Waals surface area contributed by atoms with Gasteiger partial charge in [0.05, 0.1) is 5.69 Å². The highest BCUT2D eigenvalue weighted by Crippen LogP contribution is 2.28. The second-order valence-corrected chi connectivity index (χ2v) is 4.54. The van der Waals surface area contributed by atoms with E-state index in [9.17, 15) is 0 Å². The molecule has 0 spiro atoms. The smallest absolute Gasteiger partial charge is 0.0547 e. The summed E-state index contributed by atoms with van der Waals surface area (Å²) in [6.07, 6.45) is 4.50. The molecule has 1 fully saturated rings. The molecule has 3 nitrogen and oxygen atoms in total. The van der Waals surface area contributed by atoms with E-state index in [0.717, 1.165) is 12.0 Å². The van der Waals surface area contributed by atoms with Crippen LogP contribution in [0.5, 0.6) is 0 Å². The largest absolute Gasteiger partial charge is 0.306 e. The molecule has 1 aromatic rings. The third-order valence-corrected chi connectivity index (χ3v) is 3.16. The van der Waals surface area contributed by atoms with E-state index in [2.05, 4.69) is 30.3 Å². The van der Waals surface area contributed by atoms with Gasteiger partial charge in [-0.2, -0.15) is 5.10 Å². The van der Waals surface area contributed by atoms with E-state index in [1.54, 1.807) is 0 Å². The van der Waals surface area contributed by atoms with E-state index in [0.29, 0.717) is 6.04 Å². The average Bonchev–Trinajstić information content (AvgIpc) is 2.48. The fourth-order valence-electron chi connectivity index (χ4n) is 2.29. The number of rotatable bonds is 3. The maximum atomic E-state index is 4.18. The summed E-state index contributed by atoms with van der Waals surface area (Å²) in [5, 5.41) is 7.81. The molecule has 1 aromatic heterocycles. The van der Waals surface area contributed by atoms with Crippen molar-refractivity contribution in [3.05, 3.63) is 18.0 Å². The lowest BCUT2D eigenvalue weighted by atomic mass is 9.81. The minimum Gasteiger partial charge on any atom is -0.306 e. The minimum absolute atomic E-state index is 0.417. The van der Waals surface area contributed by atoms with Crippen molar-refractivity contribution >= 4 is 0 Å². The third-order valence-electron chi connectivity index (χ3n) is 3.16. The first kappa shape index (κ1) is 9.71. The van der Waals surface area contributed by atoms with Crippen LogP contribution in [0.2, 0.25) is 0 Å². The van der Waals surface area contributed by atoms with Crippen LogP contribution in [0.25, 0.3) is 0 Å². The molecule has 1 aliphatic rings. The number of aromatic nitrogens is 2. The van der Waals surface area contributed by atoms with Gasteiger partial charge in [-0.25, -0.2) is 0 Å². The topological polar surface area (TPSA) is 29.9 Å². The number of nitrogens with zero attached hydrogens (tertiary/aromatic N) is 2. The van der Waals surface area contributed by atoms with Gasteiger partial charge in [-0.3, -0.25) is 4.68 Å². The number of hydrogen-bond donors (Lipinski definition) is 1. The predicted molar refractivity (Wildman–Crippen MR) is 56.9 cm³/mol. The highest BCUT2D eigenvalue weighted by Gasteiger charge is 2.26. The Morgan fingerprint density at radius 2 is 2.29 bits per heavy atom. The second-order valence-electron chi connectivity index (χ2n) is 4.54. The molecule has 0 saturated heterocycles. The standard InChI is InChI=1S/C11H19N3/c1-8-6-10(7-8)13-9(2)11-4-5-12-14(11)3/h4-5,8-10,13H,6-7H2,1-3H3. The van der Waals surface area contributed by atoms with E-state index in [-0.39, 0.29) is 0 Å². The van der Waals surface area contributed by atoms with Crippen molar-refractivity contribution in [3.8, 4) is 0 Å². The average molecular weight is 193 g/mol. The van der Waals surface area contributed by atoms with Crippen molar-refractivity contribution in [2.24, 2.45) is 13.0 Å². The molecular formula is C11H19N3. The molecule has 1 aliphatic carbocycles. The van der Waals surface area contributed by atoms with E-state index < -0.39 is 0 Å². The SMILES string of the molecule is CC1CC(NC(C)c2ccnn2C)C1. The Labute approximate surface area is 85.5 Å². The molecule has 14 heavy (non-hydrogen) atoms. The Bertz CT molecular complexity index is 299. The highest BCUT2D eigenvalue weighted by molar-refractivity contribution is 5.06. The Hall–Kier alpha value is -0.830. The fourth-order valence-corrected chi connectivity index (χ4v) is 2.29.